The summed E-state index contributed by atoms with van der Waals surface area (Å²) in [5, 5.41) is 20.2. The van der Waals surface area contributed by atoms with Gasteiger partial charge in [-0.05, 0) is 60.4 Å². The number of piperidine rings is 1. The summed E-state index contributed by atoms with van der Waals surface area (Å²) in [4.78, 5) is 18.6. The van der Waals surface area contributed by atoms with E-state index in [4.69, 9.17) is 4.74 Å². The minimum atomic E-state index is -4.24. The van der Waals surface area contributed by atoms with Gasteiger partial charge in [-0.1, -0.05) is 17.8 Å². The van der Waals surface area contributed by atoms with E-state index in [2.05, 4.69) is 55.5 Å². The van der Waals surface area contributed by atoms with Gasteiger partial charge in [0.05, 0.1) is 18.4 Å². The Kier molecular flexibility index (Phi) is 7.42. The molecule has 4 aliphatic heterocycles. The van der Waals surface area contributed by atoms with E-state index < -0.39 is 12.6 Å². The first kappa shape index (κ1) is 29.3. The number of amides is 1. The van der Waals surface area contributed by atoms with Gasteiger partial charge in [0.2, 0.25) is 5.91 Å². The molecule has 2 saturated heterocycles. The second kappa shape index (κ2) is 11.2. The van der Waals surface area contributed by atoms with Crippen LogP contribution in [0.3, 0.4) is 0 Å². The molecule has 1 spiro atoms. The number of aliphatic imine (C=N–C) groups is 1. The summed E-state index contributed by atoms with van der Waals surface area (Å²) in [5.41, 5.74) is 4.55. The van der Waals surface area contributed by atoms with Gasteiger partial charge < -0.3 is 25.3 Å². The van der Waals surface area contributed by atoms with Crippen LogP contribution in [0.1, 0.15) is 42.5 Å². The van der Waals surface area contributed by atoms with Gasteiger partial charge >= 0.3 is 6.18 Å². The summed E-state index contributed by atoms with van der Waals surface area (Å²) in [6, 6.07) is 8.85. The number of nitrogens with zero attached hydrogens (tertiary/aromatic N) is 4. The van der Waals surface area contributed by atoms with Crippen LogP contribution in [0.15, 0.2) is 45.6 Å². The average Bonchev–Trinajstić information content (AvgIpc) is 3.28. The van der Waals surface area contributed by atoms with E-state index in [0.29, 0.717) is 23.7 Å². The Morgan fingerprint density at radius 3 is 2.84 bits per heavy atom. The molecular formula is C31H34F3N7O2S. The lowest BCUT2D eigenvalue weighted by Gasteiger charge is -2.34. The van der Waals surface area contributed by atoms with Crippen LogP contribution >= 0.6 is 11.8 Å². The number of ether oxygens (including phenoxy) is 1. The van der Waals surface area contributed by atoms with Crippen LogP contribution in [0.25, 0.3) is 10.9 Å². The van der Waals surface area contributed by atoms with Crippen molar-refractivity contribution in [1.82, 2.24) is 25.4 Å². The second-order valence-corrected chi connectivity index (χ2v) is 13.6. The molecule has 232 valence electrons. The van der Waals surface area contributed by atoms with Crippen molar-refractivity contribution in [3.8, 4) is 6.07 Å². The Morgan fingerprint density at radius 1 is 1.30 bits per heavy atom. The lowest BCUT2D eigenvalue weighted by Crippen LogP contribution is -2.45. The highest BCUT2D eigenvalue weighted by Crippen LogP contribution is 2.49. The van der Waals surface area contributed by atoms with Crippen molar-refractivity contribution in [3.63, 3.8) is 0 Å². The van der Waals surface area contributed by atoms with E-state index in [1.165, 1.54) is 11.1 Å². The highest BCUT2D eigenvalue weighted by Gasteiger charge is 2.57. The van der Waals surface area contributed by atoms with Crippen LogP contribution in [0, 0.1) is 24.2 Å². The Labute approximate surface area is 257 Å². The predicted octanol–water partition coefficient (Wildman–Crippen LogP) is 4.03. The number of alkyl halides is 3. The number of halogens is 3. The number of likely N-dealkylation sites (tertiary alicyclic amines) is 1. The minimum absolute atomic E-state index is 0.0802. The van der Waals surface area contributed by atoms with E-state index in [1.807, 2.05) is 6.07 Å². The number of nitriles is 1. The molecule has 1 amide bonds. The third-order valence-corrected chi connectivity index (χ3v) is 10.7. The average molecular weight is 626 g/mol. The first-order chi connectivity index (χ1) is 21.1. The normalized spacial score (nSPS) is 27.2. The molecule has 5 heterocycles. The van der Waals surface area contributed by atoms with Crippen molar-refractivity contribution in [1.29, 1.82) is 5.26 Å². The number of carbonyl (C=O) groups is 1. The van der Waals surface area contributed by atoms with Crippen LogP contribution in [0.5, 0.6) is 0 Å². The van der Waals surface area contributed by atoms with Crippen molar-refractivity contribution in [2.45, 2.75) is 68.9 Å². The van der Waals surface area contributed by atoms with Crippen molar-refractivity contribution in [2.24, 2.45) is 10.9 Å². The fraction of sp³-hybridized carbons (Fsp3) is 0.516. The maximum Gasteiger partial charge on any atom is 0.393 e. The van der Waals surface area contributed by atoms with Crippen molar-refractivity contribution >= 4 is 34.9 Å². The summed E-state index contributed by atoms with van der Waals surface area (Å²) >= 11 is 1.16. The SMILES string of the molecule is Cc1c(CN2CCC(NC3=C4C=C(CC(F)(F)F)SC4N=CN3)CC2)ccc2c1cc(C#N)n2C[C@@H]1CC12CNC(=O)CO2. The topological polar surface area (TPSA) is 107 Å². The van der Waals surface area contributed by atoms with Crippen molar-refractivity contribution < 1.29 is 22.7 Å². The third kappa shape index (κ3) is 5.71. The molecule has 1 saturated carbocycles. The molecule has 9 nitrogen and oxygen atoms in total. The fourth-order valence-electron chi connectivity index (χ4n) is 6.88. The molecule has 5 aliphatic rings. The number of aryl methyl sites for hydroxylation is 1. The molecule has 0 radical (unpaired) electrons. The number of fused-ring (bicyclic) bond motifs is 2. The van der Waals surface area contributed by atoms with E-state index in [9.17, 15) is 23.2 Å². The number of allylic oxidation sites excluding steroid dienone is 1. The molecule has 7 rings (SSSR count). The number of nitrogens with one attached hydrogen (secondary N) is 3. The lowest BCUT2D eigenvalue weighted by atomic mass is 10.0. The summed E-state index contributed by atoms with van der Waals surface area (Å²) < 4.78 is 46.8. The van der Waals surface area contributed by atoms with E-state index in [1.54, 1.807) is 12.4 Å². The number of rotatable bonds is 7. The molecule has 2 aromatic rings. The number of carbonyl (C=O) groups excluding carboxylic acids is 1. The van der Waals surface area contributed by atoms with Crippen LogP contribution in [0.2, 0.25) is 0 Å². The number of benzene rings is 1. The zero-order chi connectivity index (χ0) is 30.6. The lowest BCUT2D eigenvalue weighted by molar-refractivity contribution is -0.135. The van der Waals surface area contributed by atoms with Crippen LogP contribution in [0.4, 0.5) is 13.2 Å². The van der Waals surface area contributed by atoms with Gasteiger partial charge in [0.25, 0.3) is 0 Å². The monoisotopic (exact) mass is 625 g/mol. The van der Waals surface area contributed by atoms with Crippen molar-refractivity contribution in [3.05, 3.63) is 57.4 Å². The predicted molar refractivity (Wildman–Crippen MR) is 161 cm³/mol. The molecule has 3 N–H and O–H groups in total. The highest BCUT2D eigenvalue weighted by atomic mass is 32.2. The van der Waals surface area contributed by atoms with Gasteiger partial charge in [0.1, 0.15) is 29.6 Å². The van der Waals surface area contributed by atoms with E-state index in [-0.39, 0.29) is 35.4 Å². The Hall–Kier alpha value is -3.47. The molecule has 1 aliphatic carbocycles. The number of aromatic nitrogens is 1. The van der Waals surface area contributed by atoms with Crippen LogP contribution in [-0.2, 0) is 22.6 Å². The molecule has 44 heavy (non-hydrogen) atoms. The molecule has 3 fully saturated rings. The Morgan fingerprint density at radius 2 is 2.11 bits per heavy atom. The van der Waals surface area contributed by atoms with Gasteiger partial charge in [0.15, 0.2) is 0 Å². The maximum atomic E-state index is 12.9. The Bertz CT molecular complexity index is 1620. The van der Waals surface area contributed by atoms with Crippen LogP contribution < -0.4 is 16.0 Å². The largest absolute Gasteiger partial charge is 0.393 e. The van der Waals surface area contributed by atoms with Gasteiger partial charge in [0, 0.05) is 61.2 Å². The molecule has 0 bridgehead atoms. The first-order valence-corrected chi connectivity index (χ1v) is 15.9. The standard InChI is InChI=1S/C31H34F3N7O2S/c1-18-19(2-3-26-24(18)8-22(12-35)41(26)14-20-10-30(20)16-36-27(42)15-43-30)13-40-6-4-21(5-7-40)39-28-25-9-23(11-31(32,33)34)44-29(25)38-17-37-28/h2-3,8-9,17,20-21,29,39H,4-7,10-11,13-16H2,1H3,(H,36,42)(H,37,38)/t20-,29?,30?/m0/s1. The van der Waals surface area contributed by atoms with Gasteiger partial charge in [-0.15, -0.1) is 0 Å². The maximum absolute atomic E-state index is 12.9. The Balaban J connectivity index is 0.985. The van der Waals surface area contributed by atoms with Gasteiger partial charge in [-0.3, -0.25) is 14.7 Å². The number of thioether (sulfide) groups is 1. The molecule has 13 heteroatoms. The third-order valence-electron chi connectivity index (χ3n) is 9.49. The summed E-state index contributed by atoms with van der Waals surface area (Å²) in [6.45, 7) is 6.01. The highest BCUT2D eigenvalue weighted by molar-refractivity contribution is 8.04. The quantitative estimate of drug-likeness (QED) is 0.427. The number of hydrogen-bond donors (Lipinski definition) is 3. The zero-order valence-corrected chi connectivity index (χ0v) is 25.2. The smallest absolute Gasteiger partial charge is 0.368 e. The molecule has 2 unspecified atom stereocenters. The molecule has 1 aromatic carbocycles. The molecular weight excluding hydrogens is 591 g/mol. The van der Waals surface area contributed by atoms with Crippen molar-refractivity contribution in [2.75, 3.05) is 26.2 Å². The first-order valence-electron chi connectivity index (χ1n) is 15.0. The zero-order valence-electron chi connectivity index (χ0n) is 24.3. The minimum Gasteiger partial charge on any atom is -0.368 e. The molecule has 1 aromatic heterocycles. The summed E-state index contributed by atoms with van der Waals surface area (Å²) in [5.74, 6) is 0.928. The van der Waals surface area contributed by atoms with E-state index >= 15 is 0 Å². The number of hydrogen-bond acceptors (Lipinski definition) is 8. The second-order valence-electron chi connectivity index (χ2n) is 12.4. The van der Waals surface area contributed by atoms with Gasteiger partial charge in [-0.25, -0.2) is 0 Å². The molecule has 3 atom stereocenters. The fourth-order valence-corrected chi connectivity index (χ4v) is 8.05. The van der Waals surface area contributed by atoms with Gasteiger partial charge in [-0.2, -0.15) is 18.4 Å². The van der Waals surface area contributed by atoms with Crippen LogP contribution in [-0.4, -0.2) is 71.1 Å². The summed E-state index contributed by atoms with van der Waals surface area (Å²) in [6.07, 6.45) is 0.725. The van der Waals surface area contributed by atoms with E-state index in [0.717, 1.165) is 73.0 Å². The number of morpholine rings is 1. The summed E-state index contributed by atoms with van der Waals surface area (Å²) in [7, 11) is 0.